The lowest BCUT2D eigenvalue weighted by atomic mass is 9.99. The molecule has 0 aromatic heterocycles. The van der Waals surface area contributed by atoms with Crippen LogP contribution in [0.5, 0.6) is 0 Å². The molecule has 0 amide bonds. The lowest BCUT2D eigenvalue weighted by Crippen LogP contribution is -2.11. The molecule has 0 bridgehead atoms. The highest BCUT2D eigenvalue weighted by molar-refractivity contribution is 6.11. The number of hydrogen-bond donors (Lipinski definition) is 1. The van der Waals surface area contributed by atoms with E-state index in [-0.39, 0.29) is 18.3 Å². The Morgan fingerprint density at radius 3 is 2.35 bits per heavy atom. The van der Waals surface area contributed by atoms with E-state index in [1.165, 1.54) is 12.1 Å². The summed E-state index contributed by atoms with van der Waals surface area (Å²) >= 11 is 0. The number of carbonyl (C=O) groups excluding carboxylic acids is 1. The molecule has 0 aliphatic carbocycles. The molecule has 0 spiro atoms. The standard InChI is InChI=1S/C15H12O5/c16-14(17)12-5-6-13(11-4-2-1-3-10(11)12)15(18)20-8-9-7-19-9/h1-6,9H,7-8H2,(H,16,17). The first-order chi connectivity index (χ1) is 9.66. The van der Waals surface area contributed by atoms with Crippen LogP contribution in [0.3, 0.4) is 0 Å². The molecule has 1 atom stereocenters. The second-order valence-corrected chi connectivity index (χ2v) is 4.57. The van der Waals surface area contributed by atoms with Gasteiger partial charge in [0, 0.05) is 0 Å². The van der Waals surface area contributed by atoms with Crippen molar-refractivity contribution in [3.05, 3.63) is 47.5 Å². The van der Waals surface area contributed by atoms with E-state index in [2.05, 4.69) is 0 Å². The minimum absolute atomic E-state index is 0.00325. The molecule has 1 fully saturated rings. The number of benzene rings is 2. The first-order valence-electron chi connectivity index (χ1n) is 6.20. The normalized spacial score (nSPS) is 16.9. The van der Waals surface area contributed by atoms with Crippen molar-refractivity contribution in [1.29, 1.82) is 0 Å². The number of hydrogen-bond acceptors (Lipinski definition) is 4. The number of carboxylic acid groups (broad SMARTS) is 1. The quantitative estimate of drug-likeness (QED) is 0.681. The van der Waals surface area contributed by atoms with Gasteiger partial charge in [0.05, 0.1) is 17.7 Å². The summed E-state index contributed by atoms with van der Waals surface area (Å²) in [4.78, 5) is 23.2. The van der Waals surface area contributed by atoms with E-state index in [1.54, 1.807) is 24.3 Å². The summed E-state index contributed by atoms with van der Waals surface area (Å²) in [5.41, 5.74) is 0.536. The zero-order chi connectivity index (χ0) is 14.1. The minimum Gasteiger partial charge on any atom is -0.478 e. The van der Waals surface area contributed by atoms with Crippen molar-refractivity contribution in [1.82, 2.24) is 0 Å². The monoisotopic (exact) mass is 272 g/mol. The molecule has 1 N–H and O–H groups in total. The summed E-state index contributed by atoms with van der Waals surface area (Å²) in [6.07, 6.45) is 0.00325. The Balaban J connectivity index is 2.00. The minimum atomic E-state index is -1.02. The lowest BCUT2D eigenvalue weighted by molar-refractivity contribution is 0.0478. The molecule has 2 aromatic rings. The molecule has 1 unspecified atom stereocenters. The van der Waals surface area contributed by atoms with Crippen LogP contribution in [-0.4, -0.2) is 36.4 Å². The third-order valence-electron chi connectivity index (χ3n) is 3.18. The van der Waals surface area contributed by atoms with Crippen molar-refractivity contribution < 1.29 is 24.2 Å². The molecule has 0 radical (unpaired) electrons. The van der Waals surface area contributed by atoms with Crippen LogP contribution >= 0.6 is 0 Å². The summed E-state index contributed by atoms with van der Waals surface area (Å²) < 4.78 is 10.1. The highest BCUT2D eigenvalue weighted by atomic mass is 16.6. The largest absolute Gasteiger partial charge is 0.478 e. The third kappa shape index (κ3) is 2.35. The van der Waals surface area contributed by atoms with Crippen LogP contribution in [-0.2, 0) is 9.47 Å². The number of carbonyl (C=O) groups is 2. The highest BCUT2D eigenvalue weighted by Crippen LogP contribution is 2.24. The van der Waals surface area contributed by atoms with Crippen LogP contribution in [0.15, 0.2) is 36.4 Å². The molecule has 1 heterocycles. The van der Waals surface area contributed by atoms with Gasteiger partial charge in [-0.05, 0) is 22.9 Å². The fourth-order valence-electron chi connectivity index (χ4n) is 2.07. The van der Waals surface area contributed by atoms with Gasteiger partial charge in [0.15, 0.2) is 0 Å². The van der Waals surface area contributed by atoms with Crippen LogP contribution in [0.25, 0.3) is 10.8 Å². The molecule has 20 heavy (non-hydrogen) atoms. The van der Waals surface area contributed by atoms with Crippen molar-refractivity contribution in [2.75, 3.05) is 13.2 Å². The highest BCUT2D eigenvalue weighted by Gasteiger charge is 2.25. The number of ether oxygens (including phenoxy) is 2. The number of rotatable bonds is 4. The number of esters is 1. The van der Waals surface area contributed by atoms with E-state index >= 15 is 0 Å². The van der Waals surface area contributed by atoms with Gasteiger partial charge in [0.25, 0.3) is 0 Å². The van der Waals surface area contributed by atoms with E-state index in [0.29, 0.717) is 22.9 Å². The molecular weight excluding hydrogens is 260 g/mol. The van der Waals surface area contributed by atoms with Gasteiger partial charge in [-0.15, -0.1) is 0 Å². The van der Waals surface area contributed by atoms with E-state index in [1.807, 2.05) is 0 Å². The van der Waals surface area contributed by atoms with Crippen LogP contribution in [0.4, 0.5) is 0 Å². The molecule has 2 aromatic carbocycles. The predicted molar refractivity (Wildman–Crippen MR) is 70.9 cm³/mol. The molecule has 1 saturated heterocycles. The Morgan fingerprint density at radius 2 is 1.75 bits per heavy atom. The average molecular weight is 272 g/mol. The smallest absolute Gasteiger partial charge is 0.338 e. The van der Waals surface area contributed by atoms with Gasteiger partial charge < -0.3 is 14.6 Å². The predicted octanol–water partition coefficient (Wildman–Crippen LogP) is 2.09. The summed E-state index contributed by atoms with van der Waals surface area (Å²) in [6, 6.07) is 9.80. The van der Waals surface area contributed by atoms with E-state index < -0.39 is 11.9 Å². The fourth-order valence-corrected chi connectivity index (χ4v) is 2.07. The van der Waals surface area contributed by atoms with Gasteiger partial charge in [0.1, 0.15) is 12.7 Å². The molecule has 102 valence electrons. The van der Waals surface area contributed by atoms with Crippen molar-refractivity contribution in [3.63, 3.8) is 0 Å². The number of epoxide rings is 1. The van der Waals surface area contributed by atoms with Crippen LogP contribution < -0.4 is 0 Å². The summed E-state index contributed by atoms with van der Waals surface area (Å²) in [6.45, 7) is 0.847. The first-order valence-corrected chi connectivity index (χ1v) is 6.20. The van der Waals surface area contributed by atoms with Gasteiger partial charge in [-0.1, -0.05) is 24.3 Å². The molecule has 0 saturated carbocycles. The van der Waals surface area contributed by atoms with Gasteiger partial charge in [-0.2, -0.15) is 0 Å². The van der Waals surface area contributed by atoms with Crippen LogP contribution in [0, 0.1) is 0 Å². The van der Waals surface area contributed by atoms with Crippen molar-refractivity contribution in [2.45, 2.75) is 6.10 Å². The van der Waals surface area contributed by atoms with Gasteiger partial charge >= 0.3 is 11.9 Å². The van der Waals surface area contributed by atoms with Gasteiger partial charge in [-0.25, -0.2) is 9.59 Å². The Kier molecular flexibility index (Phi) is 3.12. The summed E-state index contributed by atoms with van der Waals surface area (Å²) in [5, 5.41) is 10.3. The first kappa shape index (κ1) is 12.6. The Hall–Kier alpha value is -2.40. The molecule has 1 aliphatic rings. The number of fused-ring (bicyclic) bond motifs is 1. The van der Waals surface area contributed by atoms with Gasteiger partial charge in [0.2, 0.25) is 0 Å². The lowest BCUT2D eigenvalue weighted by Gasteiger charge is -2.08. The van der Waals surface area contributed by atoms with Crippen molar-refractivity contribution in [3.8, 4) is 0 Å². The number of carboxylic acids is 1. The Labute approximate surface area is 114 Å². The second-order valence-electron chi connectivity index (χ2n) is 4.57. The topological polar surface area (TPSA) is 76.1 Å². The molecule has 5 heteroatoms. The van der Waals surface area contributed by atoms with Gasteiger partial charge in [-0.3, -0.25) is 0 Å². The van der Waals surface area contributed by atoms with Crippen molar-refractivity contribution >= 4 is 22.7 Å². The van der Waals surface area contributed by atoms with E-state index in [9.17, 15) is 9.59 Å². The maximum atomic E-state index is 12.0. The zero-order valence-corrected chi connectivity index (χ0v) is 10.5. The average Bonchev–Trinajstić information content (AvgIpc) is 3.27. The van der Waals surface area contributed by atoms with Crippen LogP contribution in [0.1, 0.15) is 20.7 Å². The maximum Gasteiger partial charge on any atom is 0.338 e. The molecule has 5 nitrogen and oxygen atoms in total. The van der Waals surface area contributed by atoms with E-state index in [4.69, 9.17) is 14.6 Å². The Morgan fingerprint density at radius 1 is 1.15 bits per heavy atom. The third-order valence-corrected chi connectivity index (χ3v) is 3.18. The summed E-state index contributed by atoms with van der Waals surface area (Å²) in [5.74, 6) is -1.49. The molecule has 1 aliphatic heterocycles. The SMILES string of the molecule is O=C(O)c1ccc(C(=O)OCC2CO2)c2ccccc12. The second kappa shape index (κ2) is 4.94. The summed E-state index contributed by atoms with van der Waals surface area (Å²) in [7, 11) is 0. The molecular formula is C15H12O5. The van der Waals surface area contributed by atoms with Crippen molar-refractivity contribution in [2.24, 2.45) is 0 Å². The number of aromatic carboxylic acids is 1. The van der Waals surface area contributed by atoms with E-state index in [0.717, 1.165) is 0 Å². The Bertz CT molecular complexity index is 688. The van der Waals surface area contributed by atoms with Crippen LogP contribution in [0.2, 0.25) is 0 Å². The maximum absolute atomic E-state index is 12.0. The zero-order valence-electron chi connectivity index (χ0n) is 10.5. The fraction of sp³-hybridized carbons (Fsp3) is 0.200. The molecule has 3 rings (SSSR count).